The van der Waals surface area contributed by atoms with Crippen LogP contribution in [0.25, 0.3) is 0 Å². The van der Waals surface area contributed by atoms with Crippen molar-refractivity contribution in [2.24, 2.45) is 5.73 Å². The van der Waals surface area contributed by atoms with Gasteiger partial charge in [-0.05, 0) is 180 Å². The zero-order valence-electron chi connectivity index (χ0n) is 61.1. The maximum Gasteiger partial charge on any atom is 0.327 e. The van der Waals surface area contributed by atoms with Gasteiger partial charge in [0.25, 0.3) is 5.69 Å². The van der Waals surface area contributed by atoms with E-state index in [2.05, 4.69) is 22.9 Å². The van der Waals surface area contributed by atoms with E-state index >= 15 is 0 Å². The number of amides is 6. The molecule has 3 atom stereocenters. The zero-order chi connectivity index (χ0) is 77.5. The lowest BCUT2D eigenvalue weighted by Crippen LogP contribution is -2.41. The molecule has 25 heteroatoms. The third-order valence-corrected chi connectivity index (χ3v) is 19.7. The van der Waals surface area contributed by atoms with Crippen LogP contribution in [0.4, 0.5) is 65.6 Å². The molecule has 0 saturated carbocycles. The van der Waals surface area contributed by atoms with Crippen LogP contribution in [0.5, 0.6) is 0 Å². The number of nitrogens with zero attached hydrogens (tertiary/aromatic N) is 6. The van der Waals surface area contributed by atoms with Crippen molar-refractivity contribution >= 4 is 116 Å². The highest BCUT2D eigenvalue weighted by Crippen LogP contribution is 2.41. The second-order valence-corrected chi connectivity index (χ2v) is 26.5. The maximum absolute atomic E-state index is 14.0. The minimum absolute atomic E-state index is 0.157. The maximum atomic E-state index is 14.0. The number of carbonyl (C=O) groups is 3. The highest BCUT2D eigenvalue weighted by molar-refractivity contribution is 6.33. The van der Waals surface area contributed by atoms with Crippen LogP contribution in [-0.4, -0.2) is 52.5 Å². The predicted molar refractivity (Wildman–Crippen MR) is 433 cm³/mol. The Morgan fingerprint density at radius 1 is 0.387 bits per heavy atom. The van der Waals surface area contributed by atoms with Crippen molar-refractivity contribution in [1.82, 2.24) is 0 Å². The van der Waals surface area contributed by atoms with Crippen molar-refractivity contribution in [2.75, 3.05) is 61.8 Å². The predicted octanol–water partition coefficient (Wildman–Crippen LogP) is 20.7. The van der Waals surface area contributed by atoms with Crippen molar-refractivity contribution in [1.29, 1.82) is 0 Å². The van der Waals surface area contributed by atoms with Gasteiger partial charge in [0, 0.05) is 66.0 Å². The Bertz CT molecular complexity index is 4450. The van der Waals surface area contributed by atoms with Crippen LogP contribution in [0, 0.1) is 30.3 Å². The van der Waals surface area contributed by atoms with Crippen molar-refractivity contribution in [3.8, 4) is 0 Å². The van der Waals surface area contributed by atoms with E-state index in [1.54, 1.807) is 84.6 Å². The van der Waals surface area contributed by atoms with Crippen LogP contribution in [0.1, 0.15) is 147 Å². The molecule has 3 unspecified atom stereocenters. The molecule has 9 rings (SSSR count). The molecular weight excluding hydrogens is 1430 g/mol. The molecule has 0 radical (unpaired) electrons. The van der Waals surface area contributed by atoms with E-state index in [1.807, 2.05) is 146 Å². The second kappa shape index (κ2) is 39.7. The summed E-state index contributed by atoms with van der Waals surface area (Å²) >= 11 is 25.4. The zero-order valence-corrected chi connectivity index (χ0v) is 64.1. The lowest BCUT2D eigenvalue weighted by atomic mass is 10.0. The SMILES string of the molecule is CCc1ccc(N(C(=O)Nc2c(CC)c(Cl)cc([N+](=O)[O-])c2CC)C(C[N+](=O)[O-])c2ccc(Cl)cc2)cc1.CCc1ccc(N(C(=O)Nc2c(CC)c(N)cc(Cl)c2CC)C(CN)c2ccccc2)cc1.CCc1ccc(N(C(=O)Nc2c(CC)c(N)cc(Cl)c2CC)C(C[N+](=O)[O-])c2ccccc2)cc1. The van der Waals surface area contributed by atoms with E-state index in [4.69, 9.17) is 63.6 Å². The fourth-order valence-electron chi connectivity index (χ4n) is 12.9. The van der Waals surface area contributed by atoms with E-state index < -0.39 is 52.0 Å². The molecule has 9 aromatic rings. The molecule has 6 amide bonds. The number of hydrogen-bond donors (Lipinski definition) is 6. The first-order chi connectivity index (χ1) is 50.8. The van der Waals surface area contributed by atoms with Crippen LogP contribution in [-0.2, 0) is 57.8 Å². The number of aryl methyl sites for hydroxylation is 3. The Morgan fingerprint density at radius 3 is 0.972 bits per heavy atom. The monoisotopic (exact) mass is 1520 g/mol. The first-order valence-electron chi connectivity index (χ1n) is 35.4. The molecule has 0 aliphatic heterocycles. The Kier molecular flexibility index (Phi) is 31.1. The Balaban J connectivity index is 0.000000222. The number of carbonyl (C=O) groups excluding carboxylic acids is 3. The minimum Gasteiger partial charge on any atom is -0.398 e. The first kappa shape index (κ1) is 83.0. The molecule has 558 valence electrons. The summed E-state index contributed by atoms with van der Waals surface area (Å²) in [6, 6.07) is 49.2. The molecule has 0 aromatic heterocycles. The average molecular weight is 1520 g/mol. The third-order valence-electron chi connectivity index (χ3n) is 18.5. The normalized spacial score (nSPS) is 11.7. The summed E-state index contributed by atoms with van der Waals surface area (Å²) in [5, 5.41) is 45.8. The quantitative estimate of drug-likeness (QED) is 0.0159. The van der Waals surface area contributed by atoms with Crippen molar-refractivity contribution in [3.05, 3.63) is 293 Å². The van der Waals surface area contributed by atoms with Gasteiger partial charge in [0.15, 0.2) is 0 Å². The topological polar surface area (TPSA) is 304 Å². The van der Waals surface area contributed by atoms with Gasteiger partial charge in [0.05, 0.1) is 38.6 Å². The fraction of sp³-hybridized carbons (Fsp3) is 0.296. The number of nitro groups is 3. The standard InChI is InChI=1S/C27H28Cl2N4O5.C27H31ClN4O3.C27H33ClN4O/c1-4-17-7-13-20(14-8-17)32(25(16-31(35)36)18-9-11-19(28)12-10-18)27(34)30-26-21(5-2)23(29)15-24(33(37)38)22(26)6-3;1-4-18-12-14-20(15-13-18)32(25(17-31(34)35)19-10-8-7-9-11-19)27(33)30-26-21(5-2)23(28)16-24(29)22(26)6-3;1-4-18-12-14-20(15-13-18)32(25(17-29)19-10-8-7-9-11-19)27(33)31-26-21(5-2)23(28)16-24(30)22(26)6-3/h7-15,25H,4-6,16H2,1-3H3,(H,30,34);7-16,25H,4-6,17,29H2,1-3H3,(H,30,33);7-16,25H,4-6,17,29-30H2,1-3H3,(H,31,33). The van der Waals surface area contributed by atoms with Gasteiger partial charge in [-0.25, -0.2) is 14.4 Å². The molecule has 0 fully saturated rings. The number of halogens is 4. The van der Waals surface area contributed by atoms with E-state index in [0.29, 0.717) is 104 Å². The van der Waals surface area contributed by atoms with Gasteiger partial charge in [0.1, 0.15) is 12.1 Å². The molecule has 0 aliphatic rings. The van der Waals surface area contributed by atoms with Gasteiger partial charge >= 0.3 is 18.1 Å². The van der Waals surface area contributed by atoms with E-state index in [0.717, 1.165) is 63.9 Å². The van der Waals surface area contributed by atoms with Crippen molar-refractivity contribution in [3.63, 3.8) is 0 Å². The number of nitrogens with two attached hydrogens (primary N) is 3. The van der Waals surface area contributed by atoms with Crippen LogP contribution >= 0.6 is 46.4 Å². The number of nitrogen functional groups attached to an aromatic ring is 2. The van der Waals surface area contributed by atoms with Crippen LogP contribution < -0.4 is 47.9 Å². The molecule has 0 bridgehead atoms. The first-order valence-corrected chi connectivity index (χ1v) is 36.9. The van der Waals surface area contributed by atoms with Gasteiger partial charge in [0.2, 0.25) is 13.1 Å². The summed E-state index contributed by atoms with van der Waals surface area (Å²) in [5.74, 6) is 0. The number of benzene rings is 9. The molecule has 106 heavy (non-hydrogen) atoms. The molecule has 0 spiro atoms. The average Bonchev–Trinajstić information content (AvgIpc) is 0.793. The van der Waals surface area contributed by atoms with Gasteiger partial charge in [-0.1, -0.05) is 218 Å². The molecule has 9 aromatic carbocycles. The summed E-state index contributed by atoms with van der Waals surface area (Å²) in [6.07, 6.45) is 5.72. The molecule has 0 heterocycles. The minimum atomic E-state index is -1.00. The Hall–Kier alpha value is -10.3. The molecular formula is C81H92Cl4N12O9. The molecule has 9 N–H and O–H groups in total. The Labute approximate surface area is 639 Å². The van der Waals surface area contributed by atoms with Crippen LogP contribution in [0.3, 0.4) is 0 Å². The van der Waals surface area contributed by atoms with Gasteiger partial charge in [-0.2, -0.15) is 0 Å². The number of nitro benzene ring substituents is 1. The highest BCUT2D eigenvalue weighted by Gasteiger charge is 2.36. The van der Waals surface area contributed by atoms with Gasteiger partial charge < -0.3 is 33.2 Å². The molecule has 21 nitrogen and oxygen atoms in total. The van der Waals surface area contributed by atoms with E-state index in [9.17, 15) is 44.7 Å². The largest absolute Gasteiger partial charge is 0.398 e. The van der Waals surface area contributed by atoms with Crippen molar-refractivity contribution < 1.29 is 29.2 Å². The van der Waals surface area contributed by atoms with Crippen molar-refractivity contribution in [2.45, 2.75) is 138 Å². The van der Waals surface area contributed by atoms with Crippen LogP contribution in [0.15, 0.2) is 176 Å². The summed E-state index contributed by atoms with van der Waals surface area (Å²) in [5.41, 5.74) is 32.5. The van der Waals surface area contributed by atoms with Gasteiger partial charge in [-0.15, -0.1) is 0 Å². The van der Waals surface area contributed by atoms with Crippen LogP contribution in [0.2, 0.25) is 20.1 Å². The number of hydrogen-bond acceptors (Lipinski definition) is 12. The summed E-state index contributed by atoms with van der Waals surface area (Å²) < 4.78 is 0. The lowest BCUT2D eigenvalue weighted by molar-refractivity contribution is -0.483. The lowest BCUT2D eigenvalue weighted by Gasteiger charge is -2.32. The third kappa shape index (κ3) is 20.6. The summed E-state index contributed by atoms with van der Waals surface area (Å²) in [7, 11) is 0. The fourth-order valence-corrected chi connectivity index (χ4v) is 14.0. The molecule has 0 saturated heterocycles. The second-order valence-electron chi connectivity index (χ2n) is 24.8. The van der Waals surface area contributed by atoms with E-state index in [1.165, 1.54) is 21.4 Å². The smallest absolute Gasteiger partial charge is 0.327 e. The number of anilines is 8. The molecule has 0 aliphatic carbocycles. The number of rotatable bonds is 27. The number of nitrogens with one attached hydrogen (secondary N) is 3. The summed E-state index contributed by atoms with van der Waals surface area (Å²) in [4.78, 5) is 80.1. The number of urea groups is 3. The summed E-state index contributed by atoms with van der Waals surface area (Å²) in [6.45, 7) is 16.9. The Morgan fingerprint density at radius 2 is 0.679 bits per heavy atom. The van der Waals surface area contributed by atoms with E-state index in [-0.39, 0.29) is 41.4 Å². The highest BCUT2D eigenvalue weighted by atomic mass is 35.5. The van der Waals surface area contributed by atoms with Gasteiger partial charge in [-0.3, -0.25) is 45.0 Å².